The van der Waals surface area contributed by atoms with E-state index < -0.39 is 0 Å². The van der Waals surface area contributed by atoms with E-state index in [4.69, 9.17) is 4.74 Å². The van der Waals surface area contributed by atoms with Gasteiger partial charge < -0.3 is 4.74 Å². The second kappa shape index (κ2) is 4.01. The Labute approximate surface area is 79.2 Å². The molecule has 0 aromatic heterocycles. The summed E-state index contributed by atoms with van der Waals surface area (Å²) < 4.78 is 5.21. The van der Waals surface area contributed by atoms with Crippen molar-refractivity contribution in [2.75, 3.05) is 12.4 Å². The first-order valence-electron chi connectivity index (χ1n) is 5.08. The lowest BCUT2D eigenvalue weighted by Gasteiger charge is -2.25. The van der Waals surface area contributed by atoms with Crippen molar-refractivity contribution in [2.24, 2.45) is 5.92 Å². The van der Waals surface area contributed by atoms with Gasteiger partial charge in [-0.15, -0.1) is 0 Å². The summed E-state index contributed by atoms with van der Waals surface area (Å²) in [5, 5.41) is 0.943. The molecule has 0 amide bonds. The van der Waals surface area contributed by atoms with Gasteiger partial charge in [0.1, 0.15) is 0 Å². The molecule has 2 rings (SSSR count). The van der Waals surface area contributed by atoms with Crippen molar-refractivity contribution in [2.45, 2.75) is 44.0 Å². The molecule has 3 atom stereocenters. The normalized spacial score (nSPS) is 41.2. The van der Waals surface area contributed by atoms with Crippen molar-refractivity contribution in [3.05, 3.63) is 0 Å². The maximum absolute atomic E-state index is 5.21. The molecule has 2 heteroatoms. The molecule has 2 aliphatic rings. The van der Waals surface area contributed by atoms with Gasteiger partial charge in [0.25, 0.3) is 0 Å². The molecule has 1 aliphatic carbocycles. The Bertz CT molecular complexity index is 145. The van der Waals surface area contributed by atoms with Crippen molar-refractivity contribution >= 4 is 11.8 Å². The van der Waals surface area contributed by atoms with Crippen LogP contribution in [0.1, 0.15) is 32.6 Å². The summed E-state index contributed by atoms with van der Waals surface area (Å²) in [5.41, 5.74) is 0. The van der Waals surface area contributed by atoms with E-state index in [2.05, 4.69) is 18.7 Å². The van der Waals surface area contributed by atoms with Gasteiger partial charge in [-0.25, -0.2) is 0 Å². The summed E-state index contributed by atoms with van der Waals surface area (Å²) in [4.78, 5) is 0. The first kappa shape index (κ1) is 8.89. The number of thioether (sulfide) groups is 1. The van der Waals surface area contributed by atoms with E-state index in [1.807, 2.05) is 0 Å². The number of hydrogen-bond donors (Lipinski definition) is 0. The van der Waals surface area contributed by atoms with Crippen molar-refractivity contribution in [3.8, 4) is 0 Å². The maximum atomic E-state index is 5.21. The monoisotopic (exact) mass is 186 g/mol. The highest BCUT2D eigenvalue weighted by Crippen LogP contribution is 2.33. The highest BCUT2D eigenvalue weighted by Gasteiger charge is 2.25. The molecule has 0 spiro atoms. The van der Waals surface area contributed by atoms with Gasteiger partial charge in [-0.3, -0.25) is 0 Å². The van der Waals surface area contributed by atoms with Crippen LogP contribution in [0.5, 0.6) is 0 Å². The molecule has 1 saturated heterocycles. The Kier molecular flexibility index (Phi) is 2.97. The van der Waals surface area contributed by atoms with Gasteiger partial charge in [0.2, 0.25) is 0 Å². The predicted octanol–water partition coefficient (Wildman–Crippen LogP) is 2.70. The van der Waals surface area contributed by atoms with E-state index >= 15 is 0 Å². The molecule has 2 unspecified atom stereocenters. The third-order valence-corrected chi connectivity index (χ3v) is 4.27. The number of ether oxygens (including phenoxy) is 1. The van der Waals surface area contributed by atoms with Gasteiger partial charge in [0, 0.05) is 11.0 Å². The molecule has 70 valence electrons. The van der Waals surface area contributed by atoms with Gasteiger partial charge in [0.05, 0.1) is 12.7 Å². The molecule has 12 heavy (non-hydrogen) atoms. The van der Waals surface area contributed by atoms with Crippen molar-refractivity contribution in [3.63, 3.8) is 0 Å². The average Bonchev–Trinajstić information content (AvgIpc) is 2.84. The SMILES string of the molecule is CC1CCCC(SC[C@@H]2CO2)C1. The van der Waals surface area contributed by atoms with Gasteiger partial charge in [-0.1, -0.05) is 19.8 Å². The Morgan fingerprint density at radius 3 is 2.92 bits per heavy atom. The van der Waals surface area contributed by atoms with Gasteiger partial charge in [-0.05, 0) is 18.8 Å². The van der Waals surface area contributed by atoms with E-state index in [-0.39, 0.29) is 0 Å². The lowest BCUT2D eigenvalue weighted by atomic mass is 9.91. The standard InChI is InChI=1S/C10H18OS/c1-8-3-2-4-10(5-8)12-7-9-6-11-9/h8-10H,2-7H2,1H3/t8?,9-,10?/m0/s1. The molecule has 0 bridgehead atoms. The third-order valence-electron chi connectivity index (χ3n) is 2.81. The molecule has 0 N–H and O–H groups in total. The molecule has 1 aliphatic heterocycles. The minimum atomic E-state index is 0.618. The summed E-state index contributed by atoms with van der Waals surface area (Å²) in [6.07, 6.45) is 6.41. The maximum Gasteiger partial charge on any atom is 0.0900 e. The Morgan fingerprint density at radius 2 is 2.25 bits per heavy atom. The lowest BCUT2D eigenvalue weighted by Crippen LogP contribution is -2.16. The van der Waals surface area contributed by atoms with Crippen LogP contribution in [0.15, 0.2) is 0 Å². The molecule has 0 radical (unpaired) electrons. The van der Waals surface area contributed by atoms with E-state index in [1.54, 1.807) is 0 Å². The van der Waals surface area contributed by atoms with Crippen molar-refractivity contribution in [1.29, 1.82) is 0 Å². The molecule has 2 fully saturated rings. The second-order valence-corrected chi connectivity index (χ2v) is 5.52. The molecule has 1 heterocycles. The zero-order chi connectivity index (χ0) is 8.39. The van der Waals surface area contributed by atoms with Crippen molar-refractivity contribution < 1.29 is 4.74 Å². The summed E-state index contributed by atoms with van der Waals surface area (Å²) >= 11 is 2.15. The predicted molar refractivity (Wildman–Crippen MR) is 53.6 cm³/mol. The lowest BCUT2D eigenvalue weighted by molar-refractivity contribution is 0.392. The summed E-state index contributed by atoms with van der Waals surface area (Å²) in [6, 6.07) is 0. The largest absolute Gasteiger partial charge is 0.372 e. The van der Waals surface area contributed by atoms with E-state index in [9.17, 15) is 0 Å². The van der Waals surface area contributed by atoms with Crippen LogP contribution in [-0.2, 0) is 4.74 Å². The molecule has 1 saturated carbocycles. The second-order valence-electron chi connectivity index (χ2n) is 4.18. The van der Waals surface area contributed by atoms with Crippen LogP contribution in [0.25, 0.3) is 0 Å². The Morgan fingerprint density at radius 1 is 1.42 bits per heavy atom. The Hall–Kier alpha value is 0.310. The third kappa shape index (κ3) is 2.67. The van der Waals surface area contributed by atoms with Gasteiger partial charge >= 0.3 is 0 Å². The molecular formula is C10H18OS. The first-order valence-corrected chi connectivity index (χ1v) is 6.12. The topological polar surface area (TPSA) is 12.5 Å². The summed E-state index contributed by atoms with van der Waals surface area (Å²) in [5.74, 6) is 2.22. The summed E-state index contributed by atoms with van der Waals surface area (Å²) in [7, 11) is 0. The van der Waals surface area contributed by atoms with Crippen LogP contribution in [0, 0.1) is 5.92 Å². The molecule has 0 aromatic rings. The zero-order valence-electron chi connectivity index (χ0n) is 7.79. The smallest absolute Gasteiger partial charge is 0.0900 e. The Balaban J connectivity index is 1.64. The van der Waals surface area contributed by atoms with Gasteiger partial charge in [0.15, 0.2) is 0 Å². The van der Waals surface area contributed by atoms with E-state index in [0.717, 1.165) is 17.8 Å². The van der Waals surface area contributed by atoms with Crippen molar-refractivity contribution in [1.82, 2.24) is 0 Å². The van der Waals surface area contributed by atoms with Crippen LogP contribution in [0.2, 0.25) is 0 Å². The van der Waals surface area contributed by atoms with Crippen LogP contribution >= 0.6 is 11.8 Å². The first-order chi connectivity index (χ1) is 5.84. The fourth-order valence-corrected chi connectivity index (χ4v) is 3.41. The molecule has 1 nitrogen and oxygen atoms in total. The quantitative estimate of drug-likeness (QED) is 0.628. The number of hydrogen-bond acceptors (Lipinski definition) is 2. The van der Waals surface area contributed by atoms with E-state index in [1.165, 1.54) is 31.4 Å². The fraction of sp³-hybridized carbons (Fsp3) is 1.00. The zero-order valence-corrected chi connectivity index (χ0v) is 8.61. The van der Waals surface area contributed by atoms with Crippen LogP contribution in [0.4, 0.5) is 0 Å². The number of rotatable bonds is 3. The summed E-state index contributed by atoms with van der Waals surface area (Å²) in [6.45, 7) is 3.41. The van der Waals surface area contributed by atoms with E-state index in [0.29, 0.717) is 6.10 Å². The molecule has 0 aromatic carbocycles. The highest BCUT2D eigenvalue weighted by atomic mass is 32.2. The fourth-order valence-electron chi connectivity index (χ4n) is 1.94. The van der Waals surface area contributed by atoms with Crippen LogP contribution in [-0.4, -0.2) is 23.7 Å². The van der Waals surface area contributed by atoms with Crippen LogP contribution < -0.4 is 0 Å². The highest BCUT2D eigenvalue weighted by molar-refractivity contribution is 7.99. The minimum Gasteiger partial charge on any atom is -0.372 e. The minimum absolute atomic E-state index is 0.618. The average molecular weight is 186 g/mol. The molecular weight excluding hydrogens is 168 g/mol. The van der Waals surface area contributed by atoms with Crippen LogP contribution in [0.3, 0.4) is 0 Å². The van der Waals surface area contributed by atoms with Gasteiger partial charge in [-0.2, -0.15) is 11.8 Å². The number of epoxide rings is 1.